The molecule has 1 aromatic heterocycles. The maximum atomic E-state index is 15.5. The summed E-state index contributed by atoms with van der Waals surface area (Å²) in [4.78, 5) is 28.6. The Labute approximate surface area is 226 Å². The number of aliphatic carboxylic acids is 1. The third-order valence-corrected chi connectivity index (χ3v) is 7.45. The number of carboxylic acids is 1. The number of fused-ring (bicyclic) bond motifs is 2. The van der Waals surface area contributed by atoms with Gasteiger partial charge in [-0.15, -0.1) is 0 Å². The molecule has 2 aliphatic heterocycles. The van der Waals surface area contributed by atoms with Crippen LogP contribution in [0.3, 0.4) is 0 Å². The van der Waals surface area contributed by atoms with E-state index in [4.69, 9.17) is 14.2 Å². The minimum absolute atomic E-state index is 0.174. The summed E-state index contributed by atoms with van der Waals surface area (Å²) >= 11 is 0. The minimum Gasteiger partial charge on any atom is -0.490 e. The van der Waals surface area contributed by atoms with Gasteiger partial charge in [-0.1, -0.05) is 6.07 Å². The predicted molar refractivity (Wildman–Crippen MR) is 147 cm³/mol. The van der Waals surface area contributed by atoms with Gasteiger partial charge in [0.2, 0.25) is 0 Å². The van der Waals surface area contributed by atoms with E-state index in [1.807, 2.05) is 25.1 Å². The lowest BCUT2D eigenvalue weighted by Crippen LogP contribution is -2.36. The summed E-state index contributed by atoms with van der Waals surface area (Å²) in [6.07, 6.45) is -0.0611. The fraction of sp³-hybridized carbons (Fsp3) is 0.467. The molecule has 2 aliphatic rings. The van der Waals surface area contributed by atoms with Crippen molar-refractivity contribution in [3.8, 4) is 16.9 Å². The second kappa shape index (κ2) is 10.3. The van der Waals surface area contributed by atoms with Crippen molar-refractivity contribution in [3.05, 3.63) is 57.3 Å². The molecular formula is C30H35FN2O6. The van der Waals surface area contributed by atoms with Gasteiger partial charge in [-0.25, -0.2) is 9.18 Å². The van der Waals surface area contributed by atoms with Gasteiger partial charge < -0.3 is 28.8 Å². The molecule has 0 amide bonds. The first-order valence-electron chi connectivity index (χ1n) is 13.3. The maximum Gasteiger partial charge on any atom is 0.339 e. The average Bonchev–Trinajstić information content (AvgIpc) is 2.91. The fourth-order valence-electron chi connectivity index (χ4n) is 5.63. The van der Waals surface area contributed by atoms with E-state index in [0.717, 1.165) is 23.2 Å². The van der Waals surface area contributed by atoms with Crippen LogP contribution in [-0.4, -0.2) is 54.2 Å². The number of hydrogen-bond donors (Lipinski definition) is 1. The number of aromatic nitrogens is 1. The smallest absolute Gasteiger partial charge is 0.339 e. The summed E-state index contributed by atoms with van der Waals surface area (Å²) in [5.74, 6) is -1.50. The lowest BCUT2D eigenvalue weighted by atomic mass is 9.87. The van der Waals surface area contributed by atoms with Gasteiger partial charge in [-0.3, -0.25) is 4.79 Å². The van der Waals surface area contributed by atoms with Crippen molar-refractivity contribution in [1.29, 1.82) is 0 Å². The normalized spacial score (nSPS) is 16.6. The van der Waals surface area contributed by atoms with E-state index in [-0.39, 0.29) is 17.0 Å². The summed E-state index contributed by atoms with van der Waals surface area (Å²) in [5, 5.41) is 11.3. The first-order valence-corrected chi connectivity index (χ1v) is 13.3. The number of benzene rings is 2. The van der Waals surface area contributed by atoms with Crippen LogP contribution >= 0.6 is 0 Å². The number of rotatable bonds is 5. The van der Waals surface area contributed by atoms with E-state index in [0.29, 0.717) is 61.2 Å². The van der Waals surface area contributed by atoms with E-state index in [1.54, 1.807) is 27.8 Å². The second-order valence-corrected chi connectivity index (χ2v) is 11.2. The Hall–Kier alpha value is -3.43. The molecule has 1 fully saturated rings. The molecule has 208 valence electrons. The van der Waals surface area contributed by atoms with Crippen LogP contribution in [0.5, 0.6) is 5.75 Å². The number of nitrogens with zero attached hydrogens (tertiary/aromatic N) is 2. The molecule has 8 nitrogen and oxygen atoms in total. The molecule has 1 saturated heterocycles. The summed E-state index contributed by atoms with van der Waals surface area (Å²) in [6.45, 7) is 10.2. The van der Waals surface area contributed by atoms with E-state index in [1.165, 1.54) is 10.6 Å². The van der Waals surface area contributed by atoms with Gasteiger partial charge in [-0.2, -0.15) is 0 Å². The molecule has 0 bridgehead atoms. The summed E-state index contributed by atoms with van der Waals surface area (Å²) in [7, 11) is 1.55. The molecule has 0 aliphatic carbocycles. The highest BCUT2D eigenvalue weighted by atomic mass is 19.1. The zero-order valence-corrected chi connectivity index (χ0v) is 23.1. The molecule has 0 spiro atoms. The van der Waals surface area contributed by atoms with Crippen LogP contribution in [0.15, 0.2) is 29.1 Å². The number of anilines is 1. The molecule has 5 rings (SSSR count). The largest absolute Gasteiger partial charge is 0.490 e. The van der Waals surface area contributed by atoms with Crippen LogP contribution in [0.2, 0.25) is 0 Å². The molecule has 0 radical (unpaired) electrons. The summed E-state index contributed by atoms with van der Waals surface area (Å²) in [5.41, 5.74) is 2.44. The average molecular weight is 539 g/mol. The number of hydrogen-bond acceptors (Lipinski definition) is 6. The molecule has 1 N–H and O–H groups in total. The Balaban J connectivity index is 1.86. The van der Waals surface area contributed by atoms with Crippen molar-refractivity contribution in [1.82, 2.24) is 4.57 Å². The van der Waals surface area contributed by atoms with E-state index in [9.17, 15) is 14.7 Å². The van der Waals surface area contributed by atoms with E-state index >= 15 is 4.39 Å². The number of morpholine rings is 1. The number of ether oxygens (including phenoxy) is 3. The Bertz CT molecular complexity index is 1500. The van der Waals surface area contributed by atoms with Crippen LogP contribution in [0.1, 0.15) is 50.1 Å². The van der Waals surface area contributed by atoms with Gasteiger partial charge in [0.05, 0.1) is 31.1 Å². The zero-order valence-electron chi connectivity index (χ0n) is 23.1. The Morgan fingerprint density at radius 1 is 1.13 bits per heavy atom. The molecule has 2 aromatic carbocycles. The molecule has 1 atom stereocenters. The van der Waals surface area contributed by atoms with Gasteiger partial charge in [0, 0.05) is 42.3 Å². The van der Waals surface area contributed by atoms with Crippen molar-refractivity contribution in [2.75, 3.05) is 37.8 Å². The van der Waals surface area contributed by atoms with Crippen molar-refractivity contribution in [2.45, 2.75) is 52.2 Å². The van der Waals surface area contributed by atoms with Crippen molar-refractivity contribution >= 4 is 22.4 Å². The Kier molecular flexibility index (Phi) is 7.15. The van der Waals surface area contributed by atoms with Gasteiger partial charge in [0.15, 0.2) is 17.7 Å². The highest BCUT2D eigenvalue weighted by Gasteiger charge is 2.34. The number of pyridine rings is 1. The molecular weight excluding hydrogens is 503 g/mol. The van der Waals surface area contributed by atoms with E-state index < -0.39 is 23.5 Å². The van der Waals surface area contributed by atoms with Crippen molar-refractivity contribution < 1.29 is 28.5 Å². The third-order valence-electron chi connectivity index (χ3n) is 7.45. The highest BCUT2D eigenvalue weighted by molar-refractivity contribution is 6.01. The maximum absolute atomic E-state index is 15.5. The van der Waals surface area contributed by atoms with Crippen molar-refractivity contribution in [2.24, 2.45) is 7.05 Å². The summed E-state index contributed by atoms with van der Waals surface area (Å²) in [6, 6.07) is 7.00. The molecule has 3 aromatic rings. The number of carbonyl (C=O) groups is 1. The number of carboxylic acid groups (broad SMARTS) is 1. The predicted octanol–water partition coefficient (Wildman–Crippen LogP) is 4.76. The van der Waals surface area contributed by atoms with Crippen LogP contribution in [-0.2, 0) is 27.7 Å². The van der Waals surface area contributed by atoms with Crippen LogP contribution in [0.4, 0.5) is 10.1 Å². The Morgan fingerprint density at radius 3 is 2.51 bits per heavy atom. The standard InChI is InChI=1S/C30H35FN2O6/c1-17-19-7-6-12-38-26(19)23(31)16-21(17)24-20-9-8-18(33-10-13-37-14-11-33)15-22(20)28(34)32(5)25(24)27(29(35)36)39-30(2,3)4/h8-9,15-16,27H,6-7,10-14H2,1-5H3,(H,35,36). The van der Waals surface area contributed by atoms with Crippen LogP contribution < -0.4 is 15.2 Å². The summed E-state index contributed by atoms with van der Waals surface area (Å²) < 4.78 is 34.0. The van der Waals surface area contributed by atoms with Gasteiger partial charge in [-0.05, 0) is 75.2 Å². The topological polar surface area (TPSA) is 90.2 Å². The first-order chi connectivity index (χ1) is 18.5. The third kappa shape index (κ3) is 5.01. The van der Waals surface area contributed by atoms with Crippen LogP contribution in [0, 0.1) is 12.7 Å². The minimum atomic E-state index is -1.46. The van der Waals surface area contributed by atoms with E-state index in [2.05, 4.69) is 4.90 Å². The van der Waals surface area contributed by atoms with Gasteiger partial charge >= 0.3 is 5.97 Å². The molecule has 9 heteroatoms. The lowest BCUT2D eigenvalue weighted by Gasteiger charge is -2.31. The fourth-order valence-corrected chi connectivity index (χ4v) is 5.63. The zero-order chi connectivity index (χ0) is 28.1. The van der Waals surface area contributed by atoms with Gasteiger partial charge in [0.1, 0.15) is 0 Å². The molecule has 39 heavy (non-hydrogen) atoms. The highest BCUT2D eigenvalue weighted by Crippen LogP contribution is 2.43. The molecule has 0 saturated carbocycles. The lowest BCUT2D eigenvalue weighted by molar-refractivity contribution is -0.161. The van der Waals surface area contributed by atoms with Gasteiger partial charge in [0.25, 0.3) is 5.56 Å². The van der Waals surface area contributed by atoms with Crippen molar-refractivity contribution in [3.63, 3.8) is 0 Å². The Morgan fingerprint density at radius 2 is 1.85 bits per heavy atom. The molecule has 1 unspecified atom stereocenters. The monoisotopic (exact) mass is 538 g/mol. The SMILES string of the molecule is Cc1c(-c2c(C(OC(C)(C)C)C(=O)O)n(C)c(=O)c3cc(N4CCOCC4)ccc23)cc(F)c2c1CCCO2. The molecule has 3 heterocycles. The first kappa shape index (κ1) is 27.1. The van der Waals surface area contributed by atoms with Crippen LogP contribution in [0.25, 0.3) is 21.9 Å². The number of halogens is 1. The quantitative estimate of drug-likeness (QED) is 0.501. The second-order valence-electron chi connectivity index (χ2n) is 11.2.